The van der Waals surface area contributed by atoms with Gasteiger partial charge in [-0.1, -0.05) is 122 Å². The summed E-state index contributed by atoms with van der Waals surface area (Å²) in [5.41, 5.74) is 19.5. The first-order valence-corrected chi connectivity index (χ1v) is 16.4. The van der Waals surface area contributed by atoms with E-state index in [0.29, 0.717) is 16.7 Å². The number of rotatable bonds is 5. The fourth-order valence-electron chi connectivity index (χ4n) is 8.77. The molecule has 2 aromatic carbocycles. The van der Waals surface area contributed by atoms with Gasteiger partial charge < -0.3 is 0 Å². The van der Waals surface area contributed by atoms with Crippen LogP contribution in [0.5, 0.6) is 0 Å². The van der Waals surface area contributed by atoms with E-state index in [-0.39, 0.29) is 12.1 Å². The van der Waals surface area contributed by atoms with E-state index in [1.165, 1.54) is 92.2 Å². The van der Waals surface area contributed by atoms with Crippen molar-refractivity contribution in [1.29, 1.82) is 0 Å². The SMILES string of the molecule is C=C(C1=C(C)C=C2C(C1)C1(C)CCC2(C)CC1)C(B(c1cc(C(C)(C)C)cc(C)c1C)c1c(C)cccc1C)=C(C)C. The molecule has 6 rings (SSSR count). The van der Waals surface area contributed by atoms with Gasteiger partial charge in [-0.3, -0.25) is 0 Å². The second-order valence-electron chi connectivity index (χ2n) is 16.1. The summed E-state index contributed by atoms with van der Waals surface area (Å²) in [6, 6.07) is 11.8. The summed E-state index contributed by atoms with van der Waals surface area (Å²) >= 11 is 0. The van der Waals surface area contributed by atoms with E-state index >= 15 is 0 Å². The maximum atomic E-state index is 5.00. The van der Waals surface area contributed by atoms with Gasteiger partial charge in [0.1, 0.15) is 0 Å². The van der Waals surface area contributed by atoms with Gasteiger partial charge in [0.15, 0.2) is 0 Å². The second-order valence-corrected chi connectivity index (χ2v) is 16.1. The maximum absolute atomic E-state index is 5.00. The zero-order valence-corrected chi connectivity index (χ0v) is 28.9. The summed E-state index contributed by atoms with van der Waals surface area (Å²) in [7, 11) is 0. The van der Waals surface area contributed by atoms with E-state index in [2.05, 4.69) is 119 Å². The molecular weight excluding hydrogens is 503 g/mol. The highest BCUT2D eigenvalue weighted by Gasteiger charge is 2.54. The van der Waals surface area contributed by atoms with Crippen LogP contribution in [0, 0.1) is 44.4 Å². The normalized spacial score (nSPS) is 25.2. The molecular formula is C41H55B. The van der Waals surface area contributed by atoms with E-state index in [9.17, 15) is 0 Å². The van der Waals surface area contributed by atoms with Crippen LogP contribution in [0.2, 0.25) is 0 Å². The van der Waals surface area contributed by atoms with Crippen molar-refractivity contribution in [2.24, 2.45) is 16.7 Å². The highest BCUT2D eigenvalue weighted by molar-refractivity contribution is 6.92. The first-order valence-electron chi connectivity index (χ1n) is 16.4. The molecule has 222 valence electrons. The summed E-state index contributed by atoms with van der Waals surface area (Å²) in [6.07, 6.45) is 9.18. The molecule has 1 unspecified atom stereocenters. The molecule has 2 aromatic rings. The molecule has 0 amide bonds. The third-order valence-electron chi connectivity index (χ3n) is 11.9. The van der Waals surface area contributed by atoms with Crippen molar-refractivity contribution in [1.82, 2.24) is 0 Å². The van der Waals surface area contributed by atoms with Crippen molar-refractivity contribution in [2.45, 2.75) is 121 Å². The van der Waals surface area contributed by atoms with Gasteiger partial charge >= 0.3 is 0 Å². The molecule has 0 nitrogen and oxygen atoms in total. The lowest BCUT2D eigenvalue weighted by Gasteiger charge is -2.59. The summed E-state index contributed by atoms with van der Waals surface area (Å²) < 4.78 is 0. The van der Waals surface area contributed by atoms with Gasteiger partial charge in [-0.25, -0.2) is 0 Å². The number of allylic oxidation sites excluding steroid dienone is 7. The van der Waals surface area contributed by atoms with E-state index < -0.39 is 0 Å². The minimum Gasteiger partial charge on any atom is -0.0920 e. The predicted molar refractivity (Wildman–Crippen MR) is 187 cm³/mol. The van der Waals surface area contributed by atoms with Crippen molar-refractivity contribution >= 4 is 17.6 Å². The van der Waals surface area contributed by atoms with Crippen LogP contribution in [0.4, 0.5) is 0 Å². The van der Waals surface area contributed by atoms with Crippen LogP contribution in [0.25, 0.3) is 0 Å². The van der Waals surface area contributed by atoms with Crippen LogP contribution in [-0.4, -0.2) is 6.71 Å². The minimum absolute atomic E-state index is 0.0796. The highest BCUT2D eigenvalue weighted by atomic mass is 14.6. The third-order valence-corrected chi connectivity index (χ3v) is 11.9. The summed E-state index contributed by atoms with van der Waals surface area (Å²) in [5, 5.41) is 0. The van der Waals surface area contributed by atoms with Gasteiger partial charge in [0, 0.05) is 0 Å². The third kappa shape index (κ3) is 5.04. The van der Waals surface area contributed by atoms with Crippen LogP contribution in [0.15, 0.2) is 76.3 Å². The van der Waals surface area contributed by atoms with E-state index in [1.807, 2.05) is 0 Å². The molecule has 4 aliphatic rings. The fraction of sp³-hybridized carbons (Fsp3) is 0.512. The van der Waals surface area contributed by atoms with Crippen molar-refractivity contribution in [3.8, 4) is 0 Å². The molecule has 2 bridgehead atoms. The average Bonchev–Trinajstić information content (AvgIpc) is 2.89. The minimum atomic E-state index is 0.0796. The molecule has 3 saturated carbocycles. The molecule has 0 spiro atoms. The van der Waals surface area contributed by atoms with E-state index in [1.54, 1.807) is 5.57 Å². The van der Waals surface area contributed by atoms with Gasteiger partial charge in [-0.05, 0) is 131 Å². The van der Waals surface area contributed by atoms with Gasteiger partial charge in [0.25, 0.3) is 0 Å². The number of hydrogen-bond donors (Lipinski definition) is 0. The largest absolute Gasteiger partial charge is 0.242 e. The number of benzene rings is 2. The molecule has 0 saturated heterocycles. The topological polar surface area (TPSA) is 0 Å². The van der Waals surface area contributed by atoms with Crippen molar-refractivity contribution < 1.29 is 0 Å². The summed E-state index contributed by atoms with van der Waals surface area (Å²) in [6.45, 7) is 33.5. The Morgan fingerprint density at radius 1 is 0.881 bits per heavy atom. The Morgan fingerprint density at radius 2 is 1.48 bits per heavy atom. The van der Waals surface area contributed by atoms with E-state index in [0.717, 1.165) is 6.42 Å². The summed E-state index contributed by atoms with van der Waals surface area (Å²) in [5.74, 6) is 0.644. The highest BCUT2D eigenvalue weighted by Crippen LogP contribution is 2.65. The molecule has 3 fully saturated rings. The lowest BCUT2D eigenvalue weighted by molar-refractivity contribution is 0.0145. The quantitative estimate of drug-likeness (QED) is 0.253. The lowest BCUT2D eigenvalue weighted by Crippen LogP contribution is -2.50. The molecule has 0 aromatic heterocycles. The zero-order valence-electron chi connectivity index (χ0n) is 28.9. The maximum Gasteiger partial charge on any atom is 0.242 e. The Balaban J connectivity index is 1.74. The second kappa shape index (κ2) is 10.6. The molecule has 0 heterocycles. The molecule has 4 aliphatic carbocycles. The first-order chi connectivity index (χ1) is 19.5. The van der Waals surface area contributed by atoms with Crippen LogP contribution in [0.1, 0.15) is 115 Å². The Hall–Kier alpha value is -2.54. The number of fused-ring (bicyclic) bond motifs is 2. The van der Waals surface area contributed by atoms with Gasteiger partial charge in [0.05, 0.1) is 0 Å². The number of aryl methyl sites for hydroxylation is 3. The standard InChI is InChI=1S/C41H55B/c1-25(2)37(31(8)33-24-35-34(22-29(33)6)40(12)17-19-41(35,13)20-18-40)42(38-26(3)15-14-16-27(38)4)36-23-32(39(9,10)11)21-28(5)30(36)7/h14-16,21-23,35H,8,17-20,24H2,1-7,9-13H3. The zero-order chi connectivity index (χ0) is 30.9. The monoisotopic (exact) mass is 558 g/mol. The Morgan fingerprint density at radius 3 is 2.02 bits per heavy atom. The smallest absolute Gasteiger partial charge is 0.0920 e. The molecule has 0 radical (unpaired) electrons. The molecule has 1 atom stereocenters. The van der Waals surface area contributed by atoms with Gasteiger partial charge in [-0.2, -0.15) is 0 Å². The molecule has 0 aliphatic heterocycles. The van der Waals surface area contributed by atoms with Crippen molar-refractivity contribution in [2.75, 3.05) is 0 Å². The average molecular weight is 559 g/mol. The predicted octanol–water partition coefficient (Wildman–Crippen LogP) is 10.1. The Bertz CT molecular complexity index is 1510. The van der Waals surface area contributed by atoms with Crippen LogP contribution < -0.4 is 10.9 Å². The van der Waals surface area contributed by atoms with Crippen LogP contribution in [0.3, 0.4) is 0 Å². The van der Waals surface area contributed by atoms with E-state index in [4.69, 9.17) is 6.58 Å². The van der Waals surface area contributed by atoms with Crippen molar-refractivity contribution in [3.05, 3.63) is 104 Å². The Labute approximate surface area is 258 Å². The summed E-state index contributed by atoms with van der Waals surface area (Å²) in [4.78, 5) is 0. The van der Waals surface area contributed by atoms with Gasteiger partial charge in [0.2, 0.25) is 6.71 Å². The first kappa shape index (κ1) is 30.9. The van der Waals surface area contributed by atoms with Gasteiger partial charge in [-0.15, -0.1) is 0 Å². The van der Waals surface area contributed by atoms with Crippen LogP contribution in [-0.2, 0) is 5.41 Å². The van der Waals surface area contributed by atoms with Crippen LogP contribution >= 0.6 is 0 Å². The fourth-order valence-corrected chi connectivity index (χ4v) is 8.77. The lowest BCUT2D eigenvalue weighted by atomic mass is 9.32. The Kier molecular flexibility index (Phi) is 7.78. The van der Waals surface area contributed by atoms with Crippen molar-refractivity contribution in [3.63, 3.8) is 0 Å². The molecule has 0 N–H and O–H groups in total. The number of hydrogen-bond acceptors (Lipinski definition) is 0. The molecule has 42 heavy (non-hydrogen) atoms. The molecule has 1 heteroatoms.